The van der Waals surface area contributed by atoms with Crippen molar-refractivity contribution >= 4 is 38.5 Å². The van der Waals surface area contributed by atoms with Gasteiger partial charge in [-0.15, -0.1) is 0 Å². The van der Waals surface area contributed by atoms with E-state index in [1.165, 1.54) is 6.07 Å². The fraction of sp³-hybridized carbons (Fsp3) is 0.182. The summed E-state index contributed by atoms with van der Waals surface area (Å²) in [5.74, 6) is -0.241. The van der Waals surface area contributed by atoms with E-state index >= 15 is 0 Å². The number of nitrogens with zero attached hydrogens (tertiary/aromatic N) is 2. The van der Waals surface area contributed by atoms with Gasteiger partial charge in [-0.2, -0.15) is 5.10 Å². The number of hydrogen-bond acceptors (Lipinski definition) is 1. The molecule has 0 saturated heterocycles. The molecule has 16 heavy (non-hydrogen) atoms. The van der Waals surface area contributed by atoms with Crippen LogP contribution in [0.3, 0.4) is 0 Å². The van der Waals surface area contributed by atoms with Crippen LogP contribution in [0.25, 0.3) is 0 Å². The van der Waals surface area contributed by atoms with E-state index in [1.807, 2.05) is 17.8 Å². The molecule has 2 rings (SSSR count). The van der Waals surface area contributed by atoms with Gasteiger partial charge >= 0.3 is 0 Å². The number of halogens is 3. The first kappa shape index (κ1) is 12.0. The Labute approximate surface area is 115 Å². The van der Waals surface area contributed by atoms with Gasteiger partial charge < -0.3 is 0 Å². The number of hydrogen-bond donors (Lipinski definition) is 0. The summed E-state index contributed by atoms with van der Waals surface area (Å²) in [5.41, 5.74) is 2.17. The summed E-state index contributed by atoms with van der Waals surface area (Å²) in [6, 6.07) is 5.00. The molecule has 0 spiro atoms. The van der Waals surface area contributed by atoms with E-state index in [9.17, 15) is 4.39 Å². The Balaban J connectivity index is 2.23. The van der Waals surface area contributed by atoms with Crippen LogP contribution < -0.4 is 0 Å². The third-order valence-electron chi connectivity index (χ3n) is 2.21. The summed E-state index contributed by atoms with van der Waals surface area (Å²) in [5, 5.41) is 4.35. The van der Waals surface area contributed by atoms with E-state index < -0.39 is 0 Å². The molecule has 0 aliphatic heterocycles. The first-order valence-corrected chi connectivity index (χ1v) is 6.57. The van der Waals surface area contributed by atoms with E-state index in [-0.39, 0.29) is 5.82 Å². The third kappa shape index (κ3) is 2.63. The second-order valence-corrected chi connectivity index (χ2v) is 5.43. The van der Waals surface area contributed by atoms with Gasteiger partial charge in [0.2, 0.25) is 0 Å². The van der Waals surface area contributed by atoms with Gasteiger partial charge in [-0.1, -0.05) is 6.07 Å². The molecule has 84 valence electrons. The summed E-state index contributed by atoms with van der Waals surface area (Å²) >= 11 is 5.37. The van der Waals surface area contributed by atoms with Gasteiger partial charge in [0.05, 0.1) is 11.0 Å². The van der Waals surface area contributed by atoms with E-state index in [0.717, 1.165) is 14.8 Å². The molecule has 0 fully saturated rings. The Morgan fingerprint density at radius 1 is 1.50 bits per heavy atom. The lowest BCUT2D eigenvalue weighted by Gasteiger charge is -2.03. The Morgan fingerprint density at radius 3 is 2.81 bits per heavy atom. The molecule has 0 unspecified atom stereocenters. The number of aromatic nitrogens is 2. The van der Waals surface area contributed by atoms with Gasteiger partial charge in [0.15, 0.2) is 0 Å². The van der Waals surface area contributed by atoms with Gasteiger partial charge in [-0.05, 0) is 63.1 Å². The maximum absolute atomic E-state index is 13.0. The van der Waals surface area contributed by atoms with Crippen molar-refractivity contribution in [2.45, 2.75) is 13.5 Å². The zero-order valence-electron chi connectivity index (χ0n) is 8.54. The molecule has 1 aromatic heterocycles. The largest absolute Gasteiger partial charge is 0.267 e. The van der Waals surface area contributed by atoms with E-state index in [2.05, 4.69) is 43.6 Å². The average Bonchev–Trinajstić information content (AvgIpc) is 2.52. The summed E-state index contributed by atoms with van der Waals surface area (Å²) < 4.78 is 16.4. The minimum absolute atomic E-state index is 0.241. The molecule has 2 nitrogen and oxygen atoms in total. The lowest BCUT2D eigenvalue weighted by Crippen LogP contribution is -2.00. The zero-order chi connectivity index (χ0) is 11.7. The van der Waals surface area contributed by atoms with Crippen LogP contribution >= 0.6 is 38.5 Å². The molecule has 1 heterocycles. The summed E-state index contributed by atoms with van der Waals surface area (Å²) in [7, 11) is 0. The fourth-order valence-corrected chi connectivity index (χ4v) is 2.25. The first-order chi connectivity index (χ1) is 7.56. The molecular formula is C11H9BrFIN2. The molecule has 5 heteroatoms. The average molecular weight is 395 g/mol. The molecule has 2 aromatic rings. The summed E-state index contributed by atoms with van der Waals surface area (Å²) in [6.07, 6.45) is 1.99. The van der Waals surface area contributed by atoms with E-state index in [1.54, 1.807) is 12.1 Å². The topological polar surface area (TPSA) is 17.8 Å². The number of aryl methyl sites for hydroxylation is 1. The lowest BCUT2D eigenvalue weighted by molar-refractivity contribution is 0.617. The molecule has 0 amide bonds. The Hall–Kier alpha value is -0.430. The molecule has 1 aromatic carbocycles. The summed E-state index contributed by atoms with van der Waals surface area (Å²) in [6.45, 7) is 2.68. The van der Waals surface area contributed by atoms with Crippen molar-refractivity contribution in [3.8, 4) is 0 Å². The van der Waals surface area contributed by atoms with Gasteiger partial charge in [-0.25, -0.2) is 4.39 Å². The van der Waals surface area contributed by atoms with Gasteiger partial charge in [0, 0.05) is 11.8 Å². The smallest absolute Gasteiger partial charge is 0.137 e. The van der Waals surface area contributed by atoms with Crippen molar-refractivity contribution < 1.29 is 4.39 Å². The van der Waals surface area contributed by atoms with Crippen molar-refractivity contribution in [1.29, 1.82) is 0 Å². The van der Waals surface area contributed by atoms with Crippen LogP contribution in [-0.2, 0) is 6.54 Å². The van der Waals surface area contributed by atoms with Crippen molar-refractivity contribution in [2.24, 2.45) is 0 Å². The minimum Gasteiger partial charge on any atom is -0.267 e. The van der Waals surface area contributed by atoms with Crippen molar-refractivity contribution in [3.63, 3.8) is 0 Å². The predicted octanol–water partition coefficient (Wildman–Crippen LogP) is 3.75. The van der Waals surface area contributed by atoms with Crippen LogP contribution in [0.5, 0.6) is 0 Å². The monoisotopic (exact) mass is 394 g/mol. The molecule has 0 saturated carbocycles. The van der Waals surface area contributed by atoms with Crippen LogP contribution in [0.15, 0.2) is 28.9 Å². The summed E-state index contributed by atoms with van der Waals surface area (Å²) in [4.78, 5) is 0. The first-order valence-electron chi connectivity index (χ1n) is 4.70. The molecule has 0 radical (unpaired) electrons. The van der Waals surface area contributed by atoms with Crippen LogP contribution in [0.4, 0.5) is 4.39 Å². The van der Waals surface area contributed by atoms with Gasteiger partial charge in [0.1, 0.15) is 9.52 Å². The van der Waals surface area contributed by atoms with Crippen LogP contribution in [0, 0.1) is 16.4 Å². The fourth-order valence-electron chi connectivity index (χ4n) is 1.40. The third-order valence-corrected chi connectivity index (χ3v) is 3.89. The Morgan fingerprint density at radius 2 is 2.25 bits per heavy atom. The molecular weight excluding hydrogens is 386 g/mol. The highest BCUT2D eigenvalue weighted by atomic mass is 127. The second kappa shape index (κ2) is 4.83. The standard InChI is InChI=1S/C11H9BrFIN2/c1-7-5-16(15-11(7)14)6-8-2-3-10(13)9(12)4-8/h2-5H,6H2,1H3. The highest BCUT2D eigenvalue weighted by Crippen LogP contribution is 2.18. The van der Waals surface area contributed by atoms with Gasteiger partial charge in [-0.3, -0.25) is 4.68 Å². The van der Waals surface area contributed by atoms with E-state index in [4.69, 9.17) is 0 Å². The maximum Gasteiger partial charge on any atom is 0.137 e. The number of benzene rings is 1. The second-order valence-electron chi connectivity index (χ2n) is 3.55. The Kier molecular flexibility index (Phi) is 3.63. The zero-order valence-corrected chi connectivity index (χ0v) is 12.3. The quantitative estimate of drug-likeness (QED) is 0.709. The molecule has 0 aliphatic rings. The van der Waals surface area contributed by atoms with Crippen LogP contribution in [0.2, 0.25) is 0 Å². The molecule has 0 N–H and O–H groups in total. The highest BCUT2D eigenvalue weighted by molar-refractivity contribution is 14.1. The minimum atomic E-state index is -0.241. The van der Waals surface area contributed by atoms with Gasteiger partial charge in [0.25, 0.3) is 0 Å². The maximum atomic E-state index is 13.0. The van der Waals surface area contributed by atoms with Crippen molar-refractivity contribution in [1.82, 2.24) is 9.78 Å². The van der Waals surface area contributed by atoms with Crippen LogP contribution in [0.1, 0.15) is 11.1 Å². The lowest BCUT2D eigenvalue weighted by atomic mass is 10.2. The highest BCUT2D eigenvalue weighted by Gasteiger charge is 2.04. The van der Waals surface area contributed by atoms with Crippen LogP contribution in [-0.4, -0.2) is 9.78 Å². The molecule has 0 bridgehead atoms. The molecule has 0 atom stereocenters. The predicted molar refractivity (Wildman–Crippen MR) is 72.9 cm³/mol. The van der Waals surface area contributed by atoms with E-state index in [0.29, 0.717) is 11.0 Å². The number of rotatable bonds is 2. The SMILES string of the molecule is Cc1cn(Cc2ccc(F)c(Br)c2)nc1I. The normalized spacial score (nSPS) is 10.8. The van der Waals surface area contributed by atoms with Crippen molar-refractivity contribution in [2.75, 3.05) is 0 Å². The Bertz CT molecular complexity index is 505. The molecule has 0 aliphatic carbocycles. The van der Waals surface area contributed by atoms with Crippen molar-refractivity contribution in [3.05, 3.63) is 49.5 Å².